The quantitative estimate of drug-likeness (QED) is 0.142. The van der Waals surface area contributed by atoms with Gasteiger partial charge in [-0.3, -0.25) is 0 Å². The predicted molar refractivity (Wildman–Crippen MR) is 381 cm³/mol. The third kappa shape index (κ3) is 9.59. The molecule has 89 heavy (non-hydrogen) atoms. The molecule has 0 aliphatic carbocycles. The second-order valence-electron chi connectivity index (χ2n) is 29.3. The number of rotatable bonds is 8. The van der Waals surface area contributed by atoms with Gasteiger partial charge in [-0.2, -0.15) is 0 Å². The van der Waals surface area contributed by atoms with Crippen LogP contribution in [0.15, 0.2) is 231 Å². The summed E-state index contributed by atoms with van der Waals surface area (Å²) in [7, 11) is 0. The Morgan fingerprint density at radius 1 is 0.337 bits per heavy atom. The normalized spacial score (nSPS) is 13.3. The van der Waals surface area contributed by atoms with Crippen molar-refractivity contribution in [3.63, 3.8) is 0 Å². The number of anilines is 2. The Morgan fingerprint density at radius 2 is 0.753 bits per heavy atom. The number of benzene rings is 11. The summed E-state index contributed by atoms with van der Waals surface area (Å²) < 4.78 is 12.6. The lowest BCUT2D eigenvalue weighted by Gasteiger charge is -2.41. The van der Waals surface area contributed by atoms with Crippen molar-refractivity contribution < 1.29 is 4.74 Å². The molecule has 2 aliphatic rings. The van der Waals surface area contributed by atoms with E-state index in [-0.39, 0.29) is 28.4 Å². The van der Waals surface area contributed by atoms with Gasteiger partial charge in [-0.15, -0.1) is 0 Å². The zero-order chi connectivity index (χ0) is 61.5. The fraction of sp³-hybridized carbons (Fsp3) is 0.214. The third-order valence-electron chi connectivity index (χ3n) is 19.4. The van der Waals surface area contributed by atoms with E-state index in [9.17, 15) is 0 Å². The van der Waals surface area contributed by atoms with Crippen LogP contribution in [0.4, 0.5) is 11.4 Å². The van der Waals surface area contributed by atoms with Gasteiger partial charge in [-0.25, -0.2) is 0 Å². The van der Waals surface area contributed by atoms with Crippen molar-refractivity contribution in [3.8, 4) is 56.3 Å². The summed E-state index contributed by atoms with van der Waals surface area (Å²) in [6.07, 6.45) is 0.780. The Kier molecular flexibility index (Phi) is 13.0. The highest BCUT2D eigenvalue weighted by Crippen LogP contribution is 2.45. The van der Waals surface area contributed by atoms with Crippen LogP contribution in [0.1, 0.15) is 111 Å². The fourth-order valence-corrected chi connectivity index (χ4v) is 14.4. The monoisotopic (exact) mass is 1160 g/mol. The maximum absolute atomic E-state index is 7.56. The highest BCUT2D eigenvalue weighted by atomic mass is 16.5. The average molecular weight is 1160 g/mol. The van der Waals surface area contributed by atoms with E-state index in [2.05, 4.69) is 328 Å². The number of aromatic nitrogens is 2. The molecule has 0 saturated heterocycles. The van der Waals surface area contributed by atoms with Crippen molar-refractivity contribution in [2.45, 2.75) is 111 Å². The maximum atomic E-state index is 7.56. The van der Waals surface area contributed by atoms with E-state index in [1.54, 1.807) is 0 Å². The first-order valence-electron chi connectivity index (χ1n) is 32.0. The van der Waals surface area contributed by atoms with Crippen molar-refractivity contribution >= 4 is 78.1 Å². The third-order valence-corrected chi connectivity index (χ3v) is 19.4. The second-order valence-corrected chi connectivity index (χ2v) is 29.3. The molecule has 2 aliphatic heterocycles. The van der Waals surface area contributed by atoms with Crippen molar-refractivity contribution in [2.24, 2.45) is 0 Å². The smallest absolute Gasteiger partial charge is 0.256 e. The van der Waals surface area contributed by atoms with Crippen LogP contribution in [0.5, 0.6) is 11.5 Å². The summed E-state index contributed by atoms with van der Waals surface area (Å²) in [6, 6.07) is 87.4. The van der Waals surface area contributed by atoms with Gasteiger partial charge >= 0.3 is 0 Å². The minimum absolute atomic E-state index is 0.00506. The molecule has 15 rings (SSSR count). The minimum Gasteiger partial charge on any atom is -0.458 e. The van der Waals surface area contributed by atoms with E-state index >= 15 is 0 Å². The van der Waals surface area contributed by atoms with Gasteiger partial charge < -0.3 is 18.8 Å². The molecule has 0 radical (unpaired) electrons. The highest BCUT2D eigenvalue weighted by Gasteiger charge is 2.42. The molecule has 5 heteroatoms. The van der Waals surface area contributed by atoms with Crippen molar-refractivity contribution in [1.29, 1.82) is 0 Å². The van der Waals surface area contributed by atoms with Gasteiger partial charge in [0.15, 0.2) is 0 Å². The molecule has 4 nitrogen and oxygen atoms in total. The predicted octanol–water partition coefficient (Wildman–Crippen LogP) is 20.4. The lowest BCUT2D eigenvalue weighted by molar-refractivity contribution is 0.487. The molecule has 0 spiro atoms. The Bertz CT molecular complexity index is 4760. The molecule has 438 valence electrons. The van der Waals surface area contributed by atoms with E-state index < -0.39 is 0 Å². The summed E-state index contributed by atoms with van der Waals surface area (Å²) in [5, 5.41) is 5.10. The molecular formula is C84H78BN3O. The van der Waals surface area contributed by atoms with Gasteiger partial charge in [0.1, 0.15) is 11.5 Å². The van der Waals surface area contributed by atoms with E-state index in [1.165, 1.54) is 116 Å². The first kappa shape index (κ1) is 56.2. The van der Waals surface area contributed by atoms with Crippen LogP contribution in [0, 0.1) is 0 Å². The average Bonchev–Trinajstić information content (AvgIpc) is 1.71. The molecule has 0 atom stereocenters. The number of ether oxygens (including phenoxy) is 1. The van der Waals surface area contributed by atoms with Crippen molar-refractivity contribution in [1.82, 2.24) is 9.13 Å². The molecule has 2 aromatic heterocycles. The highest BCUT2D eigenvalue weighted by molar-refractivity contribution is 6.99. The van der Waals surface area contributed by atoms with Gasteiger partial charge in [0.05, 0.1) is 22.1 Å². The summed E-state index contributed by atoms with van der Waals surface area (Å²) in [5.41, 5.74) is 26.8. The van der Waals surface area contributed by atoms with E-state index in [4.69, 9.17) is 4.74 Å². The van der Waals surface area contributed by atoms with Crippen LogP contribution in [0.2, 0.25) is 0 Å². The van der Waals surface area contributed by atoms with Gasteiger partial charge in [0.25, 0.3) is 6.71 Å². The Morgan fingerprint density at radius 3 is 1.19 bits per heavy atom. The summed E-state index contributed by atoms with van der Waals surface area (Å²) in [6.45, 7) is 28.4. The molecule has 0 amide bonds. The molecule has 0 saturated carbocycles. The first-order valence-corrected chi connectivity index (χ1v) is 32.0. The second kappa shape index (κ2) is 20.6. The topological polar surface area (TPSA) is 22.3 Å². The van der Waals surface area contributed by atoms with Crippen LogP contribution >= 0.6 is 0 Å². The standard InChI is InChI=1S/C84H78BN3O/c1-81(2,3)57-31-39-72-66(47-57)67-48-58(82(4,5)6)32-40-73(67)87(72)61-35-37-70-76(51-61)86(44-43-65-63(54-25-18-14-19-26-54)29-22-30-64(65)55-27-20-15-21-28-55)77-45-56(53-23-16-13-17-24-53)46-79-80(77)85(70)71-38-36-62(52-78(71)89-79)88-74-41-33-59(83(7,8)9)49-68(74)69-50-60(84(10,11)12)34-42-75(69)88/h13-42,45-52H,43-44H2,1-12H3. The van der Waals surface area contributed by atoms with Gasteiger partial charge in [-0.1, -0.05) is 229 Å². The van der Waals surface area contributed by atoms with Crippen LogP contribution < -0.4 is 26.0 Å². The SMILES string of the molecule is CC(C)(C)c1ccc2c(c1)c1cc(C(C)(C)C)ccc1n2-c1ccc2c(c1)Oc1cc(-c3ccccc3)cc3c1B2c1ccc(-n2c4ccc(C(C)(C)C)cc4c4cc(C(C)(C)C)ccc42)cc1N3CCc1c(-c2ccccc2)cccc1-c1ccccc1. The number of fused-ring (bicyclic) bond motifs is 10. The summed E-state index contributed by atoms with van der Waals surface area (Å²) in [4.78, 5) is 2.65. The largest absolute Gasteiger partial charge is 0.458 e. The number of hydrogen-bond donors (Lipinski definition) is 0. The molecule has 0 fully saturated rings. The minimum atomic E-state index is -0.122. The molecule has 0 bridgehead atoms. The van der Waals surface area contributed by atoms with Crippen molar-refractivity contribution in [3.05, 3.63) is 258 Å². The van der Waals surface area contributed by atoms with E-state index in [0.29, 0.717) is 6.54 Å². The van der Waals surface area contributed by atoms with Crippen LogP contribution in [0.3, 0.4) is 0 Å². The van der Waals surface area contributed by atoms with Gasteiger partial charge in [0, 0.05) is 56.9 Å². The molecular weight excluding hydrogens is 1080 g/mol. The zero-order valence-electron chi connectivity index (χ0n) is 53.7. The number of nitrogens with zero attached hydrogens (tertiary/aromatic N) is 3. The summed E-state index contributed by atoms with van der Waals surface area (Å²) in [5.74, 6) is 1.77. The van der Waals surface area contributed by atoms with Crippen molar-refractivity contribution in [2.75, 3.05) is 11.4 Å². The zero-order valence-corrected chi connectivity index (χ0v) is 53.7. The lowest BCUT2D eigenvalue weighted by atomic mass is 9.34. The maximum Gasteiger partial charge on any atom is 0.256 e. The Labute approximate surface area is 526 Å². The lowest BCUT2D eigenvalue weighted by Crippen LogP contribution is -2.60. The fourth-order valence-electron chi connectivity index (χ4n) is 14.4. The number of hydrogen-bond acceptors (Lipinski definition) is 2. The molecule has 4 heterocycles. The Balaban J connectivity index is 0.972. The van der Waals surface area contributed by atoms with Gasteiger partial charge in [0.2, 0.25) is 0 Å². The van der Waals surface area contributed by atoms with E-state index in [0.717, 1.165) is 45.9 Å². The van der Waals surface area contributed by atoms with Crippen LogP contribution in [-0.2, 0) is 28.1 Å². The summed E-state index contributed by atoms with van der Waals surface area (Å²) >= 11 is 0. The molecule has 0 N–H and O–H groups in total. The van der Waals surface area contributed by atoms with Crippen LogP contribution in [0.25, 0.3) is 88.4 Å². The van der Waals surface area contributed by atoms with Gasteiger partial charge in [-0.05, 0) is 185 Å². The first-order chi connectivity index (χ1) is 42.7. The molecule has 13 aromatic rings. The van der Waals surface area contributed by atoms with E-state index in [1.807, 2.05) is 0 Å². The Hall–Kier alpha value is -9.32. The van der Waals surface area contributed by atoms with Crippen LogP contribution in [-0.4, -0.2) is 22.4 Å². The molecule has 11 aromatic carbocycles. The molecule has 0 unspecified atom stereocenters.